The van der Waals surface area contributed by atoms with Crippen molar-refractivity contribution >= 4 is 5.91 Å². The van der Waals surface area contributed by atoms with E-state index in [1.165, 1.54) is 12.1 Å². The minimum absolute atomic E-state index is 0.0529. The van der Waals surface area contributed by atoms with Crippen LogP contribution in [0.15, 0.2) is 24.3 Å². The Kier molecular flexibility index (Phi) is 4.79. The second-order valence-corrected chi connectivity index (χ2v) is 6.16. The van der Waals surface area contributed by atoms with Gasteiger partial charge in [0, 0.05) is 18.4 Å². The fourth-order valence-electron chi connectivity index (χ4n) is 2.77. The van der Waals surface area contributed by atoms with Crippen LogP contribution >= 0.6 is 0 Å². The van der Waals surface area contributed by atoms with E-state index in [1.54, 1.807) is 0 Å². The predicted molar refractivity (Wildman–Crippen MR) is 79.0 cm³/mol. The van der Waals surface area contributed by atoms with Crippen LogP contribution in [0.5, 0.6) is 0 Å². The van der Waals surface area contributed by atoms with Crippen molar-refractivity contribution in [3.8, 4) is 0 Å². The summed E-state index contributed by atoms with van der Waals surface area (Å²) in [6.07, 6.45) is 4.96. The lowest BCUT2D eigenvalue weighted by molar-refractivity contribution is -0.122. The zero-order valence-corrected chi connectivity index (χ0v) is 12.4. The molecular weight excluding hydrogens is 253 g/mol. The van der Waals surface area contributed by atoms with Gasteiger partial charge in [-0.05, 0) is 36.5 Å². The first-order valence-corrected chi connectivity index (χ1v) is 7.58. The lowest BCUT2D eigenvalue weighted by Crippen LogP contribution is -2.33. The third-order valence-corrected chi connectivity index (χ3v) is 4.25. The molecule has 1 aromatic rings. The molecule has 1 aliphatic carbocycles. The first kappa shape index (κ1) is 15.0. The summed E-state index contributed by atoms with van der Waals surface area (Å²) in [6, 6.07) is 6.68. The summed E-state index contributed by atoms with van der Waals surface area (Å²) in [5, 5.41) is 3.06. The summed E-state index contributed by atoms with van der Waals surface area (Å²) in [5.41, 5.74) is 1.19. The van der Waals surface area contributed by atoms with Gasteiger partial charge in [0.15, 0.2) is 0 Å². The Morgan fingerprint density at radius 3 is 2.55 bits per heavy atom. The van der Waals surface area contributed by atoms with Gasteiger partial charge in [-0.1, -0.05) is 38.8 Å². The molecule has 20 heavy (non-hydrogen) atoms. The highest BCUT2D eigenvalue weighted by Crippen LogP contribution is 2.47. The number of rotatable bonds is 7. The van der Waals surface area contributed by atoms with Gasteiger partial charge in [-0.2, -0.15) is 0 Å². The number of halogens is 1. The topological polar surface area (TPSA) is 29.1 Å². The maximum atomic E-state index is 13.0. The van der Waals surface area contributed by atoms with E-state index < -0.39 is 0 Å². The minimum atomic E-state index is -0.207. The minimum Gasteiger partial charge on any atom is -0.355 e. The van der Waals surface area contributed by atoms with Gasteiger partial charge in [-0.15, -0.1) is 0 Å². The molecule has 0 bridgehead atoms. The van der Waals surface area contributed by atoms with E-state index in [0.717, 1.165) is 31.2 Å². The van der Waals surface area contributed by atoms with Crippen LogP contribution in [-0.2, 0) is 10.2 Å². The Bertz CT molecular complexity index is 451. The molecule has 0 radical (unpaired) electrons. The number of amides is 1. The lowest BCUT2D eigenvalue weighted by atomic mass is 9.95. The fraction of sp³-hybridized carbons (Fsp3) is 0.588. The van der Waals surface area contributed by atoms with E-state index >= 15 is 0 Å². The van der Waals surface area contributed by atoms with Crippen molar-refractivity contribution in [1.29, 1.82) is 0 Å². The van der Waals surface area contributed by atoms with E-state index in [0.29, 0.717) is 18.9 Å². The van der Waals surface area contributed by atoms with Crippen LogP contribution in [0.3, 0.4) is 0 Å². The largest absolute Gasteiger partial charge is 0.355 e. The second kappa shape index (κ2) is 6.38. The predicted octanol–water partition coefficient (Wildman–Crippen LogP) is 3.80. The third-order valence-electron chi connectivity index (χ3n) is 4.25. The second-order valence-electron chi connectivity index (χ2n) is 6.16. The standard InChI is InChI=1S/C17H24FNO/c1-3-4-13(2)11-16(20)19-12-17(9-10-17)14-5-7-15(18)8-6-14/h5-8,13H,3-4,9-12H2,1-2H3,(H,19,20). The molecule has 1 fully saturated rings. The zero-order chi connectivity index (χ0) is 14.6. The molecule has 0 aliphatic heterocycles. The number of hydrogen-bond donors (Lipinski definition) is 1. The molecule has 2 nitrogen and oxygen atoms in total. The van der Waals surface area contributed by atoms with Crippen molar-refractivity contribution in [3.63, 3.8) is 0 Å². The number of hydrogen-bond acceptors (Lipinski definition) is 1. The van der Waals surface area contributed by atoms with Gasteiger partial charge < -0.3 is 5.32 Å². The summed E-state index contributed by atoms with van der Waals surface area (Å²) in [6.45, 7) is 4.94. The third kappa shape index (κ3) is 3.81. The Hall–Kier alpha value is -1.38. The van der Waals surface area contributed by atoms with E-state index in [1.807, 2.05) is 12.1 Å². The van der Waals surface area contributed by atoms with Crippen molar-refractivity contribution in [2.75, 3.05) is 6.54 Å². The van der Waals surface area contributed by atoms with Crippen LogP contribution in [0.4, 0.5) is 4.39 Å². The summed E-state index contributed by atoms with van der Waals surface area (Å²) < 4.78 is 13.0. The highest BCUT2D eigenvalue weighted by molar-refractivity contribution is 5.76. The van der Waals surface area contributed by atoms with Gasteiger partial charge in [-0.25, -0.2) is 4.39 Å². The van der Waals surface area contributed by atoms with E-state index in [-0.39, 0.29) is 17.1 Å². The van der Waals surface area contributed by atoms with Crippen molar-refractivity contribution in [3.05, 3.63) is 35.6 Å². The average molecular weight is 277 g/mol. The van der Waals surface area contributed by atoms with Gasteiger partial charge in [0.05, 0.1) is 0 Å². The smallest absolute Gasteiger partial charge is 0.220 e. The van der Waals surface area contributed by atoms with Crippen LogP contribution in [0.2, 0.25) is 0 Å². The van der Waals surface area contributed by atoms with Crippen molar-refractivity contribution in [2.45, 2.75) is 51.4 Å². The lowest BCUT2D eigenvalue weighted by Gasteiger charge is -2.17. The molecular formula is C17H24FNO. The van der Waals surface area contributed by atoms with Gasteiger partial charge in [0.1, 0.15) is 5.82 Å². The molecule has 1 aromatic carbocycles. The Labute approximate surface area is 120 Å². The Morgan fingerprint density at radius 1 is 1.35 bits per heavy atom. The molecule has 1 saturated carbocycles. The normalized spacial score (nSPS) is 17.6. The van der Waals surface area contributed by atoms with E-state index in [9.17, 15) is 9.18 Å². The van der Waals surface area contributed by atoms with Crippen LogP contribution in [0, 0.1) is 11.7 Å². The molecule has 0 heterocycles. The number of nitrogens with one attached hydrogen (secondary N) is 1. The molecule has 2 rings (SSSR count). The monoisotopic (exact) mass is 277 g/mol. The zero-order valence-electron chi connectivity index (χ0n) is 12.4. The molecule has 1 N–H and O–H groups in total. The summed E-state index contributed by atoms with van der Waals surface area (Å²) in [4.78, 5) is 11.9. The van der Waals surface area contributed by atoms with Gasteiger partial charge in [0.25, 0.3) is 0 Å². The highest BCUT2D eigenvalue weighted by atomic mass is 19.1. The van der Waals surface area contributed by atoms with Gasteiger partial charge >= 0.3 is 0 Å². The maximum Gasteiger partial charge on any atom is 0.220 e. The highest BCUT2D eigenvalue weighted by Gasteiger charge is 2.44. The molecule has 3 heteroatoms. The maximum absolute atomic E-state index is 13.0. The number of benzene rings is 1. The van der Waals surface area contributed by atoms with Crippen LogP contribution in [0.25, 0.3) is 0 Å². The van der Waals surface area contributed by atoms with E-state index in [4.69, 9.17) is 0 Å². The number of carbonyl (C=O) groups excluding carboxylic acids is 1. The molecule has 110 valence electrons. The molecule has 1 unspecified atom stereocenters. The molecule has 1 aliphatic rings. The SMILES string of the molecule is CCCC(C)CC(=O)NCC1(c2ccc(F)cc2)CC1. The van der Waals surface area contributed by atoms with Crippen LogP contribution < -0.4 is 5.32 Å². The van der Waals surface area contributed by atoms with Crippen LogP contribution in [-0.4, -0.2) is 12.5 Å². The summed E-state index contributed by atoms with van der Waals surface area (Å²) in [7, 11) is 0. The fourth-order valence-corrected chi connectivity index (χ4v) is 2.77. The summed E-state index contributed by atoms with van der Waals surface area (Å²) >= 11 is 0. The van der Waals surface area contributed by atoms with Crippen molar-refractivity contribution in [2.24, 2.45) is 5.92 Å². The van der Waals surface area contributed by atoms with Crippen LogP contribution in [0.1, 0.15) is 51.5 Å². The molecule has 0 spiro atoms. The molecule has 1 amide bonds. The molecule has 0 aromatic heterocycles. The van der Waals surface area contributed by atoms with E-state index in [2.05, 4.69) is 19.2 Å². The Morgan fingerprint density at radius 2 is 2.00 bits per heavy atom. The van der Waals surface area contributed by atoms with Crippen molar-refractivity contribution in [1.82, 2.24) is 5.32 Å². The van der Waals surface area contributed by atoms with Crippen molar-refractivity contribution < 1.29 is 9.18 Å². The van der Waals surface area contributed by atoms with Gasteiger partial charge in [-0.3, -0.25) is 4.79 Å². The Balaban J connectivity index is 1.84. The molecule has 1 atom stereocenters. The first-order valence-electron chi connectivity index (χ1n) is 7.58. The summed E-state index contributed by atoms with van der Waals surface area (Å²) in [5.74, 6) is 0.377. The van der Waals surface area contributed by atoms with Gasteiger partial charge in [0.2, 0.25) is 5.91 Å². The average Bonchev–Trinajstić information content (AvgIpc) is 3.18. The number of carbonyl (C=O) groups is 1. The quantitative estimate of drug-likeness (QED) is 0.807. The molecule has 0 saturated heterocycles. The first-order chi connectivity index (χ1) is 9.55.